The van der Waals surface area contributed by atoms with E-state index >= 15 is 0 Å². The molecule has 0 fully saturated rings. The Hall–Kier alpha value is -4.74. The normalized spacial score (nSPS) is 12.7. The average molecular weight is 492 g/mol. The number of carbonyl (C=O) groups is 2. The summed E-state index contributed by atoms with van der Waals surface area (Å²) in [4.78, 5) is 38.9. The van der Waals surface area contributed by atoms with Gasteiger partial charge in [0.1, 0.15) is 6.04 Å². The van der Waals surface area contributed by atoms with E-state index in [1.54, 1.807) is 0 Å². The second-order valence-corrected chi connectivity index (χ2v) is 9.00. The van der Waals surface area contributed by atoms with Gasteiger partial charge >= 0.3 is 6.09 Å². The highest BCUT2D eigenvalue weighted by molar-refractivity contribution is 5.87. The second kappa shape index (κ2) is 10.1. The number of carbonyl (C=O) groups excluding carboxylic acids is 3. The fraction of sp³-hybridized carbons (Fsp3) is 0.167. The number of hydrogen-bond donors (Lipinski definition) is 0. The van der Waals surface area contributed by atoms with Gasteiger partial charge in [0.25, 0.3) is 12.0 Å². The van der Waals surface area contributed by atoms with Crippen LogP contribution in [0.2, 0.25) is 0 Å². The van der Waals surface area contributed by atoms with E-state index in [-0.39, 0.29) is 6.42 Å². The largest absolute Gasteiger partial charge is 0.436 e. The summed E-state index contributed by atoms with van der Waals surface area (Å²) in [6, 6.07) is 28.5. The Morgan fingerprint density at radius 3 is 2.11 bits per heavy atom. The van der Waals surface area contributed by atoms with E-state index in [1.165, 1.54) is 25.1 Å². The lowest BCUT2D eigenvalue weighted by molar-refractivity contribution is -0.134. The predicted octanol–water partition coefficient (Wildman–Crippen LogP) is 5.30. The van der Waals surface area contributed by atoms with Gasteiger partial charge in [-0.2, -0.15) is 0 Å². The first-order chi connectivity index (χ1) is 18.0. The SMILES string of the molecule is CN(N=C=O)C(=O)[C@H](Cc1ccc2ccccc2c1)N(C)C(=O)OC1c2ccccc2-c2ccccc21. The number of nitrogens with zero attached hydrogens (tertiary/aromatic N) is 3. The van der Waals surface area contributed by atoms with Crippen molar-refractivity contribution in [1.82, 2.24) is 9.91 Å². The molecule has 37 heavy (non-hydrogen) atoms. The van der Waals surface area contributed by atoms with Gasteiger partial charge in [-0.15, -0.1) is 0 Å². The molecule has 1 atom stereocenters. The predicted molar refractivity (Wildman–Crippen MR) is 140 cm³/mol. The van der Waals surface area contributed by atoms with Gasteiger partial charge in [-0.05, 0) is 27.5 Å². The maximum absolute atomic E-state index is 13.5. The molecule has 7 heteroatoms. The van der Waals surface area contributed by atoms with E-state index in [1.807, 2.05) is 91.0 Å². The Kier molecular flexibility index (Phi) is 6.54. The molecule has 7 nitrogen and oxygen atoms in total. The molecule has 0 aromatic heterocycles. The summed E-state index contributed by atoms with van der Waals surface area (Å²) in [5.41, 5.74) is 4.68. The zero-order valence-corrected chi connectivity index (χ0v) is 20.5. The lowest BCUT2D eigenvalue weighted by Gasteiger charge is -2.29. The highest BCUT2D eigenvalue weighted by Crippen LogP contribution is 2.45. The number of hydrazone groups is 1. The van der Waals surface area contributed by atoms with Crippen LogP contribution in [0.15, 0.2) is 96.1 Å². The van der Waals surface area contributed by atoms with Crippen molar-refractivity contribution in [3.05, 3.63) is 108 Å². The maximum Gasteiger partial charge on any atom is 0.411 e. The lowest BCUT2D eigenvalue weighted by atomic mass is 10.0. The molecule has 0 saturated carbocycles. The van der Waals surface area contributed by atoms with Gasteiger partial charge in [0.05, 0.1) is 0 Å². The fourth-order valence-electron chi connectivity index (χ4n) is 4.85. The van der Waals surface area contributed by atoms with Crippen LogP contribution in [-0.4, -0.2) is 48.1 Å². The molecule has 5 rings (SSSR count). The number of amides is 2. The third kappa shape index (κ3) is 4.60. The van der Waals surface area contributed by atoms with Gasteiger partial charge in [-0.3, -0.25) is 9.69 Å². The van der Waals surface area contributed by atoms with Crippen molar-refractivity contribution in [3.8, 4) is 11.1 Å². The molecule has 1 aliphatic rings. The third-order valence-electron chi connectivity index (χ3n) is 6.79. The minimum Gasteiger partial charge on any atom is -0.436 e. The molecule has 0 N–H and O–H groups in total. The Labute approximate surface area is 214 Å². The van der Waals surface area contributed by atoms with Crippen molar-refractivity contribution >= 4 is 28.9 Å². The monoisotopic (exact) mass is 491 g/mol. The zero-order chi connectivity index (χ0) is 25.9. The quantitative estimate of drug-likeness (QED) is 0.208. The minimum absolute atomic E-state index is 0.214. The summed E-state index contributed by atoms with van der Waals surface area (Å²) in [7, 11) is 2.89. The summed E-state index contributed by atoms with van der Waals surface area (Å²) in [5, 5.41) is 6.44. The second-order valence-electron chi connectivity index (χ2n) is 9.00. The van der Waals surface area contributed by atoms with Crippen LogP contribution in [0.1, 0.15) is 22.8 Å². The van der Waals surface area contributed by atoms with Crippen LogP contribution in [0, 0.1) is 0 Å². The Morgan fingerprint density at radius 1 is 0.865 bits per heavy atom. The topological polar surface area (TPSA) is 79.3 Å². The maximum atomic E-state index is 13.5. The van der Waals surface area contributed by atoms with Crippen LogP contribution in [0.5, 0.6) is 0 Å². The van der Waals surface area contributed by atoms with Gasteiger partial charge in [-0.1, -0.05) is 96.1 Å². The van der Waals surface area contributed by atoms with Crippen molar-refractivity contribution in [1.29, 1.82) is 0 Å². The van der Waals surface area contributed by atoms with E-state index in [2.05, 4.69) is 5.10 Å². The number of likely N-dealkylation sites (N-methyl/N-ethyl adjacent to an activating group) is 2. The lowest BCUT2D eigenvalue weighted by Crippen LogP contribution is -2.48. The van der Waals surface area contributed by atoms with Crippen molar-refractivity contribution in [2.24, 2.45) is 5.10 Å². The smallest absolute Gasteiger partial charge is 0.411 e. The first-order valence-electron chi connectivity index (χ1n) is 11.9. The molecule has 0 spiro atoms. The number of benzene rings is 4. The van der Waals surface area contributed by atoms with E-state index in [9.17, 15) is 14.4 Å². The number of hydrogen-bond acceptors (Lipinski definition) is 5. The van der Waals surface area contributed by atoms with Crippen LogP contribution < -0.4 is 0 Å². The summed E-state index contributed by atoms with van der Waals surface area (Å²) in [6.45, 7) is 0. The molecule has 4 aromatic carbocycles. The number of isocyanates is 1. The van der Waals surface area contributed by atoms with Gasteiger partial charge in [0, 0.05) is 31.6 Å². The molecule has 184 valence electrons. The van der Waals surface area contributed by atoms with Crippen molar-refractivity contribution in [2.45, 2.75) is 18.6 Å². The first kappa shape index (κ1) is 24.0. The Bertz CT molecular complexity index is 1500. The summed E-state index contributed by atoms with van der Waals surface area (Å²) in [6.07, 6.45) is 0.353. The van der Waals surface area contributed by atoms with Crippen LogP contribution in [0.4, 0.5) is 4.79 Å². The number of ether oxygens (including phenoxy) is 1. The highest BCUT2D eigenvalue weighted by Gasteiger charge is 2.35. The third-order valence-corrected chi connectivity index (χ3v) is 6.79. The van der Waals surface area contributed by atoms with Gasteiger partial charge < -0.3 is 4.74 Å². The van der Waals surface area contributed by atoms with E-state index in [0.29, 0.717) is 0 Å². The van der Waals surface area contributed by atoms with Crippen LogP contribution in [0.25, 0.3) is 21.9 Å². The van der Waals surface area contributed by atoms with E-state index in [4.69, 9.17) is 4.74 Å². The molecular formula is C30H25N3O4. The average Bonchev–Trinajstić information content (AvgIpc) is 3.24. The van der Waals surface area contributed by atoms with Gasteiger partial charge in [0.2, 0.25) is 0 Å². The molecule has 0 saturated heterocycles. The van der Waals surface area contributed by atoms with E-state index in [0.717, 1.165) is 43.6 Å². The molecule has 4 aromatic rings. The number of fused-ring (bicyclic) bond motifs is 4. The molecule has 0 unspecified atom stereocenters. The molecule has 0 heterocycles. The Morgan fingerprint density at radius 2 is 1.46 bits per heavy atom. The number of rotatable bonds is 6. The highest BCUT2D eigenvalue weighted by atomic mass is 16.6. The minimum atomic E-state index is -0.956. The van der Waals surface area contributed by atoms with E-state index < -0.39 is 24.1 Å². The van der Waals surface area contributed by atoms with Crippen molar-refractivity contribution in [3.63, 3.8) is 0 Å². The standard InChI is InChI=1S/C30H25N3O4/c1-32(30(36)37-28-25-13-7-5-11-23(25)24-12-6-8-14-26(24)28)27(29(35)33(2)31-19-34)18-20-15-16-21-9-3-4-10-22(21)17-20/h3-17,27-28H,18H2,1-2H3/t27-/m0/s1. The van der Waals surface area contributed by atoms with Crippen LogP contribution >= 0.6 is 0 Å². The molecular weight excluding hydrogens is 466 g/mol. The van der Waals surface area contributed by atoms with Crippen molar-refractivity contribution < 1.29 is 19.1 Å². The first-order valence-corrected chi connectivity index (χ1v) is 11.9. The van der Waals surface area contributed by atoms with Crippen LogP contribution in [0.3, 0.4) is 0 Å². The fourth-order valence-corrected chi connectivity index (χ4v) is 4.85. The molecule has 0 aliphatic heterocycles. The summed E-state index contributed by atoms with van der Waals surface area (Å²) >= 11 is 0. The molecule has 2 amide bonds. The van der Waals surface area contributed by atoms with Gasteiger partial charge in [-0.25, -0.2) is 14.6 Å². The molecule has 1 aliphatic carbocycles. The Balaban J connectivity index is 1.44. The molecule has 0 radical (unpaired) electrons. The summed E-state index contributed by atoms with van der Waals surface area (Å²) < 4.78 is 6.01. The van der Waals surface area contributed by atoms with Crippen molar-refractivity contribution in [2.75, 3.05) is 14.1 Å². The van der Waals surface area contributed by atoms with Crippen LogP contribution in [-0.2, 0) is 20.7 Å². The molecule has 0 bridgehead atoms. The zero-order valence-electron chi connectivity index (χ0n) is 20.5. The van der Waals surface area contributed by atoms with Gasteiger partial charge in [0.15, 0.2) is 6.10 Å². The summed E-state index contributed by atoms with van der Waals surface area (Å²) in [5.74, 6) is -0.525.